The molecule has 0 aromatic carbocycles. The van der Waals surface area contributed by atoms with E-state index < -0.39 is 5.60 Å². The Morgan fingerprint density at radius 1 is 1.32 bits per heavy atom. The van der Waals surface area contributed by atoms with Crippen LogP contribution in [0.15, 0.2) is 0 Å². The second-order valence-corrected chi connectivity index (χ2v) is 8.93. The van der Waals surface area contributed by atoms with Gasteiger partial charge in [0, 0.05) is 38.6 Å². The lowest BCUT2D eigenvalue weighted by molar-refractivity contribution is -0.128. The average Bonchev–Trinajstić information content (AvgIpc) is 2.88. The van der Waals surface area contributed by atoms with Crippen LogP contribution in [0.25, 0.3) is 0 Å². The van der Waals surface area contributed by atoms with Crippen LogP contribution in [0.1, 0.15) is 53.9 Å². The standard InChI is InChI=1S/C19H35N3O3/c1-14(2)10-20-16-9-15(11-21-8-6-7-17(21)23)12-22(13-16)18(24)25-19(3,4)5/h14-16,20H,6-13H2,1-5H3/t15-,16-/m0/s1. The molecule has 144 valence electrons. The molecular weight excluding hydrogens is 318 g/mol. The smallest absolute Gasteiger partial charge is 0.410 e. The molecule has 2 heterocycles. The van der Waals surface area contributed by atoms with Crippen LogP contribution in [0, 0.1) is 11.8 Å². The molecule has 0 aromatic rings. The molecule has 0 saturated carbocycles. The summed E-state index contributed by atoms with van der Waals surface area (Å²) in [7, 11) is 0. The largest absolute Gasteiger partial charge is 0.444 e. The van der Waals surface area contributed by atoms with Crippen LogP contribution in [-0.2, 0) is 9.53 Å². The van der Waals surface area contributed by atoms with E-state index in [0.717, 1.165) is 32.5 Å². The molecule has 2 aliphatic heterocycles. The summed E-state index contributed by atoms with van der Waals surface area (Å²) in [5.41, 5.74) is -0.490. The number of hydrogen-bond acceptors (Lipinski definition) is 4. The number of hydrogen-bond donors (Lipinski definition) is 1. The normalized spacial score (nSPS) is 25.0. The number of nitrogens with one attached hydrogen (secondary N) is 1. The van der Waals surface area contributed by atoms with E-state index in [0.29, 0.717) is 31.3 Å². The minimum absolute atomic E-state index is 0.249. The maximum Gasteiger partial charge on any atom is 0.410 e. The van der Waals surface area contributed by atoms with Gasteiger partial charge in [-0.1, -0.05) is 13.8 Å². The lowest BCUT2D eigenvalue weighted by atomic mass is 9.93. The van der Waals surface area contributed by atoms with Crippen molar-refractivity contribution in [1.29, 1.82) is 0 Å². The van der Waals surface area contributed by atoms with E-state index in [-0.39, 0.29) is 18.0 Å². The molecule has 2 amide bonds. The van der Waals surface area contributed by atoms with Crippen molar-refractivity contribution in [3.05, 3.63) is 0 Å². The van der Waals surface area contributed by atoms with Crippen LogP contribution in [0.4, 0.5) is 4.79 Å². The van der Waals surface area contributed by atoms with Crippen LogP contribution in [0.3, 0.4) is 0 Å². The van der Waals surface area contributed by atoms with Crippen molar-refractivity contribution >= 4 is 12.0 Å². The summed E-state index contributed by atoms with van der Waals surface area (Å²) in [5.74, 6) is 1.12. The lowest BCUT2D eigenvalue weighted by Crippen LogP contribution is -2.54. The number of carbonyl (C=O) groups excluding carboxylic acids is 2. The molecule has 6 nitrogen and oxygen atoms in total. The van der Waals surface area contributed by atoms with Gasteiger partial charge in [0.05, 0.1) is 0 Å². The second-order valence-electron chi connectivity index (χ2n) is 8.93. The van der Waals surface area contributed by atoms with Crippen molar-refractivity contribution in [3.63, 3.8) is 0 Å². The zero-order valence-electron chi connectivity index (χ0n) is 16.5. The van der Waals surface area contributed by atoms with Crippen LogP contribution in [0.5, 0.6) is 0 Å². The maximum absolute atomic E-state index is 12.5. The monoisotopic (exact) mass is 353 g/mol. The number of likely N-dealkylation sites (tertiary alicyclic amines) is 2. The fraction of sp³-hybridized carbons (Fsp3) is 0.895. The lowest BCUT2D eigenvalue weighted by Gasteiger charge is -2.40. The number of nitrogens with zero attached hydrogens (tertiary/aromatic N) is 2. The van der Waals surface area contributed by atoms with E-state index in [9.17, 15) is 9.59 Å². The number of carbonyl (C=O) groups is 2. The van der Waals surface area contributed by atoms with Gasteiger partial charge in [-0.2, -0.15) is 0 Å². The van der Waals surface area contributed by atoms with Crippen molar-refractivity contribution in [2.45, 2.75) is 65.5 Å². The molecule has 1 N–H and O–H groups in total. The highest BCUT2D eigenvalue weighted by atomic mass is 16.6. The van der Waals surface area contributed by atoms with Gasteiger partial charge >= 0.3 is 6.09 Å². The first-order chi connectivity index (χ1) is 11.6. The van der Waals surface area contributed by atoms with Gasteiger partial charge in [0.25, 0.3) is 0 Å². The first kappa shape index (κ1) is 20.0. The van der Waals surface area contributed by atoms with Crippen molar-refractivity contribution < 1.29 is 14.3 Å². The van der Waals surface area contributed by atoms with Gasteiger partial charge in [0.1, 0.15) is 5.60 Å². The Bertz CT molecular complexity index is 473. The van der Waals surface area contributed by atoms with E-state index in [4.69, 9.17) is 4.74 Å². The van der Waals surface area contributed by atoms with E-state index in [1.807, 2.05) is 30.6 Å². The van der Waals surface area contributed by atoms with E-state index in [2.05, 4.69) is 19.2 Å². The Balaban J connectivity index is 2.00. The van der Waals surface area contributed by atoms with Gasteiger partial charge in [0.2, 0.25) is 5.91 Å². The summed E-state index contributed by atoms with van der Waals surface area (Å²) < 4.78 is 5.57. The van der Waals surface area contributed by atoms with Gasteiger partial charge in [0.15, 0.2) is 0 Å². The van der Waals surface area contributed by atoms with E-state index in [1.54, 1.807) is 0 Å². The summed E-state index contributed by atoms with van der Waals surface area (Å²) in [6.45, 7) is 13.9. The molecule has 2 aliphatic rings. The first-order valence-electron chi connectivity index (χ1n) is 9.63. The number of ether oxygens (including phenoxy) is 1. The molecule has 2 atom stereocenters. The highest BCUT2D eigenvalue weighted by molar-refractivity contribution is 5.78. The Kier molecular flexibility index (Phi) is 6.72. The molecular formula is C19H35N3O3. The second kappa shape index (κ2) is 8.39. The Morgan fingerprint density at radius 2 is 2.04 bits per heavy atom. The highest BCUT2D eigenvalue weighted by Crippen LogP contribution is 2.23. The average molecular weight is 354 g/mol. The fourth-order valence-corrected chi connectivity index (χ4v) is 3.57. The van der Waals surface area contributed by atoms with Gasteiger partial charge < -0.3 is 19.9 Å². The number of amides is 2. The zero-order chi connectivity index (χ0) is 18.6. The Labute approximate surface area is 152 Å². The number of rotatable bonds is 5. The molecule has 6 heteroatoms. The molecule has 0 radical (unpaired) electrons. The van der Waals surface area contributed by atoms with E-state index in [1.165, 1.54) is 0 Å². The summed E-state index contributed by atoms with van der Waals surface area (Å²) in [4.78, 5) is 28.3. The molecule has 25 heavy (non-hydrogen) atoms. The Morgan fingerprint density at radius 3 is 2.60 bits per heavy atom. The van der Waals surface area contributed by atoms with Gasteiger partial charge in [-0.15, -0.1) is 0 Å². The van der Waals surface area contributed by atoms with Crippen LogP contribution in [0.2, 0.25) is 0 Å². The predicted octanol–water partition coefficient (Wildman–Crippen LogP) is 2.48. The molecule has 0 aliphatic carbocycles. The predicted molar refractivity (Wildman–Crippen MR) is 98.4 cm³/mol. The van der Waals surface area contributed by atoms with Crippen molar-refractivity contribution in [1.82, 2.24) is 15.1 Å². The minimum atomic E-state index is -0.490. The first-order valence-corrected chi connectivity index (χ1v) is 9.63. The van der Waals surface area contributed by atoms with Crippen molar-refractivity contribution in [2.75, 3.05) is 32.7 Å². The molecule has 0 spiro atoms. The van der Waals surface area contributed by atoms with E-state index >= 15 is 0 Å². The molecule has 2 rings (SSSR count). The molecule has 2 saturated heterocycles. The quantitative estimate of drug-likeness (QED) is 0.825. The summed E-state index contributed by atoms with van der Waals surface area (Å²) in [6, 6.07) is 0.256. The molecule has 2 fully saturated rings. The summed E-state index contributed by atoms with van der Waals surface area (Å²) in [5, 5.41) is 3.58. The maximum atomic E-state index is 12.5. The molecule has 0 unspecified atom stereocenters. The summed E-state index contributed by atoms with van der Waals surface area (Å²) in [6.07, 6.45) is 2.37. The fourth-order valence-electron chi connectivity index (χ4n) is 3.57. The van der Waals surface area contributed by atoms with Crippen LogP contribution in [-0.4, -0.2) is 66.2 Å². The van der Waals surface area contributed by atoms with Crippen LogP contribution < -0.4 is 5.32 Å². The SMILES string of the molecule is CC(C)CN[C@H]1C[C@@H](CN2CCCC2=O)CN(C(=O)OC(C)(C)C)C1. The molecule has 0 aromatic heterocycles. The van der Waals surface area contributed by atoms with Gasteiger partial charge in [-0.3, -0.25) is 4.79 Å². The third-order valence-electron chi connectivity index (χ3n) is 4.65. The number of piperidine rings is 1. The third kappa shape index (κ3) is 6.49. The zero-order valence-corrected chi connectivity index (χ0v) is 16.5. The summed E-state index contributed by atoms with van der Waals surface area (Å²) >= 11 is 0. The van der Waals surface area contributed by atoms with Crippen LogP contribution >= 0.6 is 0 Å². The van der Waals surface area contributed by atoms with Crippen molar-refractivity contribution in [2.24, 2.45) is 11.8 Å². The minimum Gasteiger partial charge on any atom is -0.444 e. The molecule has 0 bridgehead atoms. The Hall–Kier alpha value is -1.30. The highest BCUT2D eigenvalue weighted by Gasteiger charge is 2.34. The topological polar surface area (TPSA) is 61.9 Å². The van der Waals surface area contributed by atoms with Gasteiger partial charge in [-0.05, 0) is 52.0 Å². The third-order valence-corrected chi connectivity index (χ3v) is 4.65. The van der Waals surface area contributed by atoms with Crippen molar-refractivity contribution in [3.8, 4) is 0 Å². The van der Waals surface area contributed by atoms with Gasteiger partial charge in [-0.25, -0.2) is 4.79 Å².